The maximum atomic E-state index is 14.1. The fourth-order valence-electron chi connectivity index (χ4n) is 4.72. The van der Waals surface area contributed by atoms with Crippen LogP contribution < -0.4 is 0 Å². The lowest BCUT2D eigenvalue weighted by atomic mass is 10.0. The van der Waals surface area contributed by atoms with Crippen LogP contribution in [0.3, 0.4) is 0 Å². The zero-order valence-corrected chi connectivity index (χ0v) is 20.8. The van der Waals surface area contributed by atoms with Crippen molar-refractivity contribution in [3.63, 3.8) is 0 Å². The summed E-state index contributed by atoms with van der Waals surface area (Å²) < 4.78 is 74.4. The number of sulfonamides is 1. The maximum Gasteiger partial charge on any atom is 0.410 e. The molecule has 1 amide bonds. The van der Waals surface area contributed by atoms with Gasteiger partial charge in [-0.05, 0) is 54.8 Å². The summed E-state index contributed by atoms with van der Waals surface area (Å²) in [5, 5.41) is 0.356. The number of carbonyl (C=O) groups is 1. The Hall–Kier alpha value is -2.31. The van der Waals surface area contributed by atoms with Crippen molar-refractivity contribution in [1.82, 2.24) is 9.21 Å². The minimum atomic E-state index is -4.23. The molecule has 2 aromatic rings. The Labute approximate surface area is 212 Å². The molecule has 0 bridgehead atoms. The average molecular weight is 543 g/mol. The van der Waals surface area contributed by atoms with E-state index in [1.165, 1.54) is 33.5 Å². The van der Waals surface area contributed by atoms with E-state index in [4.69, 9.17) is 25.8 Å². The Morgan fingerprint density at radius 3 is 2.25 bits per heavy atom. The molecule has 2 atom stereocenters. The van der Waals surface area contributed by atoms with Crippen molar-refractivity contribution in [3.05, 3.63) is 64.7 Å². The Kier molecular flexibility index (Phi) is 6.94. The SMILES string of the molecule is O=C(OC1([C@H]2COC[C@@H](c3cc(F)cc(F)c3)N2S(=O)(=O)c2ccc(Cl)cc2)CC1)N1CCOCC1. The molecule has 0 N–H and O–H groups in total. The second kappa shape index (κ2) is 9.86. The minimum Gasteiger partial charge on any atom is -0.441 e. The van der Waals surface area contributed by atoms with Gasteiger partial charge in [0.05, 0.1) is 43.4 Å². The molecule has 12 heteroatoms. The van der Waals surface area contributed by atoms with Gasteiger partial charge in [0.1, 0.15) is 17.2 Å². The quantitative estimate of drug-likeness (QED) is 0.572. The smallest absolute Gasteiger partial charge is 0.410 e. The van der Waals surface area contributed by atoms with Crippen LogP contribution in [0.15, 0.2) is 47.4 Å². The minimum absolute atomic E-state index is 0.0441. The fraction of sp³-hybridized carbons (Fsp3) is 0.458. The molecule has 0 unspecified atom stereocenters. The maximum absolute atomic E-state index is 14.1. The highest BCUT2D eigenvalue weighted by atomic mass is 35.5. The second-order valence-corrected chi connectivity index (χ2v) is 11.4. The predicted molar refractivity (Wildman–Crippen MR) is 125 cm³/mol. The van der Waals surface area contributed by atoms with E-state index in [0.29, 0.717) is 44.2 Å². The molecule has 2 aromatic carbocycles. The third-order valence-electron chi connectivity index (χ3n) is 6.73. The number of carbonyl (C=O) groups excluding carboxylic acids is 1. The molecular formula is C24H25ClF2N2O6S. The zero-order valence-electron chi connectivity index (χ0n) is 19.2. The molecule has 3 fully saturated rings. The highest BCUT2D eigenvalue weighted by molar-refractivity contribution is 7.89. The molecule has 2 aliphatic heterocycles. The standard InChI is InChI=1S/C24H25ClF2N2O6S/c25-17-1-3-20(4-2-17)36(31,32)29-21(16-11-18(26)13-19(27)12-16)14-34-15-22(29)24(5-6-24)35-23(30)28-7-9-33-10-8-28/h1-4,11-13,21-22H,5-10,14-15H2/t21-,22+/m0/s1. The van der Waals surface area contributed by atoms with E-state index >= 15 is 0 Å². The monoisotopic (exact) mass is 542 g/mol. The van der Waals surface area contributed by atoms with E-state index in [1.54, 1.807) is 0 Å². The Morgan fingerprint density at radius 2 is 1.64 bits per heavy atom. The molecule has 5 rings (SSSR count). The summed E-state index contributed by atoms with van der Waals surface area (Å²) in [6.45, 7) is 1.34. The lowest BCUT2D eigenvalue weighted by Crippen LogP contribution is -2.58. The summed E-state index contributed by atoms with van der Waals surface area (Å²) in [6.07, 6.45) is 0.292. The van der Waals surface area contributed by atoms with Gasteiger partial charge in [-0.1, -0.05) is 11.6 Å². The van der Waals surface area contributed by atoms with E-state index in [0.717, 1.165) is 18.2 Å². The predicted octanol–water partition coefficient (Wildman–Crippen LogP) is 3.75. The van der Waals surface area contributed by atoms with E-state index < -0.39 is 45.4 Å². The first-order valence-corrected chi connectivity index (χ1v) is 13.4. The number of rotatable bonds is 5. The highest BCUT2D eigenvalue weighted by Crippen LogP contribution is 2.50. The van der Waals surface area contributed by atoms with Gasteiger partial charge in [0.25, 0.3) is 0 Å². The molecule has 1 saturated carbocycles. The Bertz CT molecular complexity index is 1220. The number of benzene rings is 2. The normalized spacial score (nSPS) is 24.4. The van der Waals surface area contributed by atoms with Gasteiger partial charge in [0.2, 0.25) is 10.0 Å². The van der Waals surface area contributed by atoms with Crippen molar-refractivity contribution >= 4 is 27.7 Å². The largest absolute Gasteiger partial charge is 0.441 e. The van der Waals surface area contributed by atoms with E-state index in [1.807, 2.05) is 0 Å². The molecule has 0 radical (unpaired) electrons. The van der Waals surface area contributed by atoms with Crippen LogP contribution in [0.4, 0.5) is 13.6 Å². The molecule has 3 aliphatic rings. The van der Waals surface area contributed by atoms with Gasteiger partial charge in [0, 0.05) is 24.2 Å². The molecule has 1 aliphatic carbocycles. The van der Waals surface area contributed by atoms with Gasteiger partial charge in [-0.2, -0.15) is 4.31 Å². The molecule has 8 nitrogen and oxygen atoms in total. The summed E-state index contributed by atoms with van der Waals surface area (Å²) in [5.41, 5.74) is -1.02. The van der Waals surface area contributed by atoms with Crippen LogP contribution in [0.5, 0.6) is 0 Å². The first-order chi connectivity index (χ1) is 17.2. The first-order valence-electron chi connectivity index (χ1n) is 11.6. The third-order valence-corrected chi connectivity index (χ3v) is 8.92. The summed E-state index contributed by atoms with van der Waals surface area (Å²) in [7, 11) is -4.23. The number of halogens is 3. The van der Waals surface area contributed by atoms with Crippen molar-refractivity contribution in [3.8, 4) is 0 Å². The summed E-state index contributed by atoms with van der Waals surface area (Å²) >= 11 is 5.97. The van der Waals surface area contributed by atoms with E-state index in [9.17, 15) is 22.0 Å². The molecular weight excluding hydrogens is 518 g/mol. The summed E-state index contributed by atoms with van der Waals surface area (Å²) in [6, 6.07) is 6.57. The number of amides is 1. The van der Waals surface area contributed by atoms with Crippen LogP contribution in [-0.2, 0) is 24.2 Å². The highest BCUT2D eigenvalue weighted by Gasteiger charge is 2.60. The molecule has 0 spiro atoms. The molecule has 2 heterocycles. The summed E-state index contributed by atoms with van der Waals surface area (Å²) in [5.74, 6) is -1.67. The van der Waals surface area contributed by atoms with Crippen molar-refractivity contribution < 1.29 is 36.2 Å². The molecule has 0 aromatic heterocycles. The number of hydrogen-bond acceptors (Lipinski definition) is 6. The average Bonchev–Trinajstić information content (AvgIpc) is 3.64. The molecule has 194 valence electrons. The van der Waals surface area contributed by atoms with Crippen molar-refractivity contribution in [1.29, 1.82) is 0 Å². The lowest BCUT2D eigenvalue weighted by Gasteiger charge is -2.44. The van der Waals surface area contributed by atoms with Gasteiger partial charge >= 0.3 is 6.09 Å². The number of morpholine rings is 2. The van der Waals surface area contributed by atoms with Crippen LogP contribution in [-0.4, -0.2) is 74.9 Å². The lowest BCUT2D eigenvalue weighted by molar-refractivity contribution is -0.0759. The van der Waals surface area contributed by atoms with E-state index in [2.05, 4.69) is 0 Å². The van der Waals surface area contributed by atoms with Gasteiger partial charge < -0.3 is 19.1 Å². The van der Waals surface area contributed by atoms with Crippen molar-refractivity contribution in [2.75, 3.05) is 39.5 Å². The van der Waals surface area contributed by atoms with Crippen molar-refractivity contribution in [2.45, 2.75) is 35.4 Å². The van der Waals surface area contributed by atoms with Crippen LogP contribution in [0.25, 0.3) is 0 Å². The van der Waals surface area contributed by atoms with Crippen LogP contribution in [0.2, 0.25) is 5.02 Å². The van der Waals surface area contributed by atoms with Crippen LogP contribution in [0.1, 0.15) is 24.4 Å². The zero-order chi connectivity index (χ0) is 25.5. The van der Waals surface area contributed by atoms with Crippen LogP contribution >= 0.6 is 11.6 Å². The number of hydrogen-bond donors (Lipinski definition) is 0. The van der Waals surface area contributed by atoms with Gasteiger partial charge in [0.15, 0.2) is 0 Å². The Morgan fingerprint density at radius 1 is 1.00 bits per heavy atom. The van der Waals surface area contributed by atoms with Crippen molar-refractivity contribution in [2.24, 2.45) is 0 Å². The second-order valence-electron chi connectivity index (χ2n) is 9.09. The Balaban J connectivity index is 1.54. The number of nitrogens with zero attached hydrogens (tertiary/aromatic N) is 2. The third kappa shape index (κ3) is 4.95. The van der Waals surface area contributed by atoms with Crippen LogP contribution in [0, 0.1) is 11.6 Å². The van der Waals surface area contributed by atoms with E-state index in [-0.39, 0.29) is 23.7 Å². The fourth-order valence-corrected chi connectivity index (χ4v) is 6.68. The number of ether oxygens (including phenoxy) is 3. The summed E-state index contributed by atoms with van der Waals surface area (Å²) in [4.78, 5) is 14.4. The van der Waals surface area contributed by atoms with Gasteiger partial charge in [-0.15, -0.1) is 0 Å². The van der Waals surface area contributed by atoms with Gasteiger partial charge in [-0.3, -0.25) is 0 Å². The van der Waals surface area contributed by atoms with Gasteiger partial charge in [-0.25, -0.2) is 22.0 Å². The molecule has 36 heavy (non-hydrogen) atoms. The molecule has 2 saturated heterocycles. The topological polar surface area (TPSA) is 85.4 Å². The first kappa shape index (κ1) is 25.3.